The minimum Gasteiger partial charge on any atom is -0.370 e. The van der Waals surface area contributed by atoms with E-state index in [0.29, 0.717) is 6.54 Å². The minimum atomic E-state index is 0.685. The topological polar surface area (TPSA) is 42.7 Å². The molecule has 0 aliphatic rings. The summed E-state index contributed by atoms with van der Waals surface area (Å²) in [6.45, 7) is 3.62. The van der Waals surface area contributed by atoms with E-state index < -0.39 is 0 Å². The molecule has 0 aromatic carbocycles. The van der Waals surface area contributed by atoms with Gasteiger partial charge in [-0.15, -0.1) is 0 Å². The summed E-state index contributed by atoms with van der Waals surface area (Å²) in [5, 5.41) is 7.38. The molecule has 0 aliphatic carbocycles. The lowest BCUT2D eigenvalue weighted by molar-refractivity contribution is 0.673. The molecule has 16 heavy (non-hydrogen) atoms. The number of rotatable bonds is 4. The van der Waals surface area contributed by atoms with E-state index in [1.54, 1.807) is 6.20 Å². The Kier molecular flexibility index (Phi) is 3.56. The molecular formula is C11H13BrN4. The molecule has 0 bridgehead atoms. The Hall–Kier alpha value is -1.36. The maximum absolute atomic E-state index is 4.48. The zero-order chi connectivity index (χ0) is 11.4. The number of halogens is 1. The second kappa shape index (κ2) is 5.12. The molecule has 0 unspecified atom stereocenters. The van der Waals surface area contributed by atoms with Crippen molar-refractivity contribution in [1.82, 2.24) is 14.8 Å². The fraction of sp³-hybridized carbons (Fsp3) is 0.273. The maximum Gasteiger partial charge on any atom is 0.126 e. The highest BCUT2D eigenvalue weighted by molar-refractivity contribution is 9.10. The molecule has 2 aromatic heterocycles. The van der Waals surface area contributed by atoms with E-state index >= 15 is 0 Å². The van der Waals surface area contributed by atoms with Crippen LogP contribution in [0.15, 0.2) is 35.1 Å². The van der Waals surface area contributed by atoms with Gasteiger partial charge < -0.3 is 5.32 Å². The summed E-state index contributed by atoms with van der Waals surface area (Å²) < 4.78 is 2.83. The minimum absolute atomic E-state index is 0.685. The van der Waals surface area contributed by atoms with Crippen molar-refractivity contribution in [2.75, 3.05) is 11.9 Å². The molecule has 4 nitrogen and oxygen atoms in total. The van der Waals surface area contributed by atoms with Gasteiger partial charge in [0, 0.05) is 12.7 Å². The second-order valence-corrected chi connectivity index (χ2v) is 4.32. The molecule has 2 rings (SSSR count). The van der Waals surface area contributed by atoms with E-state index in [1.807, 2.05) is 29.1 Å². The third kappa shape index (κ3) is 2.82. The van der Waals surface area contributed by atoms with Crippen molar-refractivity contribution in [3.63, 3.8) is 0 Å². The first-order valence-corrected chi connectivity index (χ1v) is 5.95. The molecule has 0 radical (unpaired) electrons. The van der Waals surface area contributed by atoms with Crippen molar-refractivity contribution in [3.8, 4) is 0 Å². The average molecular weight is 281 g/mol. The second-order valence-electron chi connectivity index (χ2n) is 3.40. The SMILES string of the molecule is CCNc1cccc(Cn2cc(Br)cn2)n1. The van der Waals surface area contributed by atoms with E-state index in [9.17, 15) is 0 Å². The molecule has 0 saturated heterocycles. The van der Waals surface area contributed by atoms with Gasteiger partial charge in [0.15, 0.2) is 0 Å². The van der Waals surface area contributed by atoms with Crippen LogP contribution in [0, 0.1) is 0 Å². The highest BCUT2D eigenvalue weighted by Crippen LogP contribution is 2.09. The first-order valence-electron chi connectivity index (χ1n) is 5.15. The standard InChI is InChI=1S/C11H13BrN4/c1-2-13-11-5-3-4-10(15-11)8-16-7-9(12)6-14-16/h3-7H,2,8H2,1H3,(H,13,15). The number of hydrogen-bond acceptors (Lipinski definition) is 3. The van der Waals surface area contributed by atoms with E-state index in [1.165, 1.54) is 0 Å². The van der Waals surface area contributed by atoms with Crippen molar-refractivity contribution in [3.05, 3.63) is 40.8 Å². The molecule has 0 atom stereocenters. The molecule has 2 aromatic rings. The van der Waals surface area contributed by atoms with Crippen LogP contribution in [0.2, 0.25) is 0 Å². The van der Waals surface area contributed by atoms with Crippen molar-refractivity contribution in [2.45, 2.75) is 13.5 Å². The molecule has 0 aliphatic heterocycles. The van der Waals surface area contributed by atoms with Crippen LogP contribution >= 0.6 is 15.9 Å². The maximum atomic E-state index is 4.48. The van der Waals surface area contributed by atoms with Gasteiger partial charge in [-0.1, -0.05) is 6.07 Å². The zero-order valence-corrected chi connectivity index (χ0v) is 10.6. The van der Waals surface area contributed by atoms with Crippen LogP contribution in [0.1, 0.15) is 12.6 Å². The summed E-state index contributed by atoms with van der Waals surface area (Å²) in [6, 6.07) is 5.96. The quantitative estimate of drug-likeness (QED) is 0.936. The van der Waals surface area contributed by atoms with Gasteiger partial charge in [0.2, 0.25) is 0 Å². The summed E-state index contributed by atoms with van der Waals surface area (Å²) in [6.07, 6.45) is 3.70. The van der Waals surface area contributed by atoms with Crippen LogP contribution in [0.5, 0.6) is 0 Å². The van der Waals surface area contributed by atoms with Crippen molar-refractivity contribution < 1.29 is 0 Å². The van der Waals surface area contributed by atoms with Crippen LogP contribution in [-0.2, 0) is 6.54 Å². The van der Waals surface area contributed by atoms with Gasteiger partial charge >= 0.3 is 0 Å². The van der Waals surface area contributed by atoms with Crippen LogP contribution in [0.3, 0.4) is 0 Å². The number of nitrogens with zero attached hydrogens (tertiary/aromatic N) is 3. The predicted molar refractivity (Wildman–Crippen MR) is 67.4 cm³/mol. The normalized spacial score (nSPS) is 10.4. The average Bonchev–Trinajstić information content (AvgIpc) is 2.65. The summed E-state index contributed by atoms with van der Waals surface area (Å²) in [5.41, 5.74) is 0.994. The van der Waals surface area contributed by atoms with Gasteiger partial charge in [0.25, 0.3) is 0 Å². The largest absolute Gasteiger partial charge is 0.370 e. The summed E-state index contributed by atoms with van der Waals surface area (Å²) in [5.74, 6) is 0.909. The van der Waals surface area contributed by atoms with Crippen LogP contribution in [-0.4, -0.2) is 21.3 Å². The van der Waals surface area contributed by atoms with Crippen LogP contribution < -0.4 is 5.32 Å². The van der Waals surface area contributed by atoms with Gasteiger partial charge in [-0.25, -0.2) is 4.98 Å². The Labute approximate surface area is 103 Å². The van der Waals surface area contributed by atoms with Gasteiger partial charge in [-0.3, -0.25) is 4.68 Å². The van der Waals surface area contributed by atoms with Crippen molar-refractivity contribution >= 4 is 21.7 Å². The fourth-order valence-electron chi connectivity index (χ4n) is 1.44. The van der Waals surface area contributed by atoms with Gasteiger partial charge in [-0.05, 0) is 35.0 Å². The Morgan fingerprint density at radius 1 is 1.44 bits per heavy atom. The first kappa shape index (κ1) is 11.1. The van der Waals surface area contributed by atoms with E-state index in [-0.39, 0.29) is 0 Å². The first-order chi connectivity index (χ1) is 7.78. The predicted octanol–water partition coefficient (Wildman–Crippen LogP) is 2.52. The molecule has 5 heteroatoms. The molecule has 0 saturated carbocycles. The van der Waals surface area contributed by atoms with Gasteiger partial charge in [-0.2, -0.15) is 5.10 Å². The molecular weight excluding hydrogens is 268 g/mol. The summed E-state index contributed by atoms with van der Waals surface area (Å²) in [4.78, 5) is 4.48. The molecule has 0 fully saturated rings. The third-order valence-electron chi connectivity index (χ3n) is 2.09. The highest BCUT2D eigenvalue weighted by atomic mass is 79.9. The summed E-state index contributed by atoms with van der Waals surface area (Å²) >= 11 is 3.37. The molecule has 84 valence electrons. The number of hydrogen-bond donors (Lipinski definition) is 1. The highest BCUT2D eigenvalue weighted by Gasteiger charge is 2.00. The lowest BCUT2D eigenvalue weighted by Crippen LogP contribution is -2.05. The van der Waals surface area contributed by atoms with Crippen LogP contribution in [0.4, 0.5) is 5.82 Å². The Morgan fingerprint density at radius 2 is 2.31 bits per heavy atom. The number of anilines is 1. The fourth-order valence-corrected chi connectivity index (χ4v) is 1.77. The number of nitrogens with one attached hydrogen (secondary N) is 1. The van der Waals surface area contributed by atoms with E-state index in [2.05, 4.69) is 38.3 Å². The lowest BCUT2D eigenvalue weighted by Gasteiger charge is -2.05. The molecule has 0 amide bonds. The Morgan fingerprint density at radius 3 is 3.00 bits per heavy atom. The van der Waals surface area contributed by atoms with E-state index in [4.69, 9.17) is 0 Å². The van der Waals surface area contributed by atoms with Crippen molar-refractivity contribution in [2.24, 2.45) is 0 Å². The zero-order valence-electron chi connectivity index (χ0n) is 9.02. The molecule has 2 heterocycles. The Bertz CT molecular complexity index is 467. The van der Waals surface area contributed by atoms with Gasteiger partial charge in [0.05, 0.1) is 22.9 Å². The van der Waals surface area contributed by atoms with E-state index in [0.717, 1.165) is 22.5 Å². The van der Waals surface area contributed by atoms with Crippen molar-refractivity contribution in [1.29, 1.82) is 0 Å². The third-order valence-corrected chi connectivity index (χ3v) is 2.50. The van der Waals surface area contributed by atoms with Gasteiger partial charge in [0.1, 0.15) is 5.82 Å². The van der Waals surface area contributed by atoms with Crippen LogP contribution in [0.25, 0.3) is 0 Å². The number of pyridine rings is 1. The number of aromatic nitrogens is 3. The Balaban J connectivity index is 2.12. The lowest BCUT2D eigenvalue weighted by atomic mass is 10.3. The molecule has 1 N–H and O–H groups in total. The molecule has 0 spiro atoms. The smallest absolute Gasteiger partial charge is 0.126 e. The monoisotopic (exact) mass is 280 g/mol. The summed E-state index contributed by atoms with van der Waals surface area (Å²) in [7, 11) is 0.